The van der Waals surface area contributed by atoms with Gasteiger partial charge in [0.15, 0.2) is 0 Å². The van der Waals surface area contributed by atoms with Crippen molar-refractivity contribution in [2.24, 2.45) is 0 Å². The van der Waals surface area contributed by atoms with Crippen LogP contribution in [0, 0.1) is 25.2 Å². The summed E-state index contributed by atoms with van der Waals surface area (Å²) in [6.45, 7) is 4.22. The number of anilines is 1. The highest BCUT2D eigenvalue weighted by Crippen LogP contribution is 2.25. The highest BCUT2D eigenvalue weighted by Gasteiger charge is 2.16. The summed E-state index contributed by atoms with van der Waals surface area (Å²) in [6, 6.07) is 14.0. The quantitative estimate of drug-likeness (QED) is 0.673. The average Bonchev–Trinajstić information content (AvgIpc) is 2.92. The van der Waals surface area contributed by atoms with E-state index in [1.807, 2.05) is 26.0 Å². The van der Waals surface area contributed by atoms with E-state index in [0.29, 0.717) is 39.1 Å². The fourth-order valence-corrected chi connectivity index (χ4v) is 3.08. The number of carbonyl (C=O) groups excluding carboxylic acids is 1. The number of nitrogens with one attached hydrogen (secondary N) is 1. The lowest BCUT2D eigenvalue weighted by Gasteiger charge is -2.08. The van der Waals surface area contributed by atoms with Crippen LogP contribution >= 0.6 is 23.2 Å². The number of benzene rings is 2. The van der Waals surface area contributed by atoms with Crippen molar-refractivity contribution in [3.05, 3.63) is 80.6 Å². The highest BCUT2D eigenvalue weighted by atomic mass is 35.5. The van der Waals surface area contributed by atoms with Crippen molar-refractivity contribution in [3.63, 3.8) is 0 Å². The number of nitrogens with zero attached hydrogens (tertiary/aromatic N) is 3. The molecule has 0 radical (unpaired) electrons. The molecule has 0 atom stereocenters. The summed E-state index contributed by atoms with van der Waals surface area (Å²) < 4.78 is 1.80. The maximum atomic E-state index is 12.5. The topological polar surface area (TPSA) is 70.7 Å². The van der Waals surface area contributed by atoms with Crippen LogP contribution in [0.5, 0.6) is 0 Å². The number of hydrogen-bond acceptors (Lipinski definition) is 3. The van der Waals surface area contributed by atoms with Crippen LogP contribution in [0.2, 0.25) is 10.0 Å². The van der Waals surface area contributed by atoms with Gasteiger partial charge in [-0.2, -0.15) is 10.4 Å². The largest absolute Gasteiger partial charge is 0.319 e. The van der Waals surface area contributed by atoms with Crippen molar-refractivity contribution >= 4 is 34.8 Å². The number of nitriles is 1. The Bertz CT molecular complexity index is 1070. The van der Waals surface area contributed by atoms with Crippen LogP contribution in [0.3, 0.4) is 0 Å². The lowest BCUT2D eigenvalue weighted by molar-refractivity contribution is 0.102. The van der Waals surface area contributed by atoms with Crippen molar-refractivity contribution in [1.82, 2.24) is 9.78 Å². The van der Waals surface area contributed by atoms with Gasteiger partial charge in [0, 0.05) is 5.56 Å². The SMILES string of the molecule is Cc1nn(Cc2ccc(Cl)c(Cl)c2)c(C)c1NC(=O)c1cccc(C#N)c1. The first-order valence-electron chi connectivity index (χ1n) is 8.18. The fourth-order valence-electron chi connectivity index (χ4n) is 2.76. The van der Waals surface area contributed by atoms with Gasteiger partial charge in [-0.15, -0.1) is 0 Å². The van der Waals surface area contributed by atoms with Gasteiger partial charge in [0.2, 0.25) is 0 Å². The summed E-state index contributed by atoms with van der Waals surface area (Å²) in [5, 5.41) is 17.4. The molecule has 0 spiro atoms. The molecule has 136 valence electrons. The molecule has 5 nitrogen and oxygen atoms in total. The van der Waals surface area contributed by atoms with Gasteiger partial charge < -0.3 is 5.32 Å². The smallest absolute Gasteiger partial charge is 0.255 e. The third kappa shape index (κ3) is 4.13. The Hall–Kier alpha value is -2.81. The Labute approximate surface area is 167 Å². The van der Waals surface area contributed by atoms with Crippen LogP contribution in [0.25, 0.3) is 0 Å². The molecule has 0 fully saturated rings. The molecule has 1 amide bonds. The maximum Gasteiger partial charge on any atom is 0.255 e. The van der Waals surface area contributed by atoms with Crippen molar-refractivity contribution in [3.8, 4) is 6.07 Å². The first kappa shape index (κ1) is 19.0. The van der Waals surface area contributed by atoms with E-state index in [1.54, 1.807) is 41.1 Å². The Morgan fingerprint density at radius 2 is 1.96 bits per heavy atom. The Morgan fingerprint density at radius 1 is 1.19 bits per heavy atom. The molecule has 3 aromatic rings. The van der Waals surface area contributed by atoms with Crippen molar-refractivity contribution in [1.29, 1.82) is 5.26 Å². The molecule has 0 saturated carbocycles. The van der Waals surface area contributed by atoms with Crippen LogP contribution in [0.15, 0.2) is 42.5 Å². The van der Waals surface area contributed by atoms with E-state index in [4.69, 9.17) is 28.5 Å². The molecule has 3 rings (SSSR count). The minimum absolute atomic E-state index is 0.285. The predicted octanol–water partition coefficient (Wildman–Crippen LogP) is 4.98. The fraction of sp³-hybridized carbons (Fsp3) is 0.150. The van der Waals surface area contributed by atoms with Crippen LogP contribution in [-0.4, -0.2) is 15.7 Å². The molecule has 1 N–H and O–H groups in total. The summed E-state index contributed by atoms with van der Waals surface area (Å²) >= 11 is 12.0. The summed E-state index contributed by atoms with van der Waals surface area (Å²) in [5.74, 6) is -0.285. The van der Waals surface area contributed by atoms with E-state index in [0.717, 1.165) is 11.3 Å². The Kier molecular flexibility index (Phi) is 5.50. The van der Waals surface area contributed by atoms with E-state index < -0.39 is 0 Å². The van der Waals surface area contributed by atoms with E-state index in [1.165, 1.54) is 0 Å². The lowest BCUT2D eigenvalue weighted by Crippen LogP contribution is -2.13. The molecule has 0 aliphatic rings. The van der Waals surface area contributed by atoms with Crippen LogP contribution < -0.4 is 5.32 Å². The number of hydrogen-bond donors (Lipinski definition) is 1. The summed E-state index contributed by atoms with van der Waals surface area (Å²) in [7, 11) is 0. The van der Waals surface area contributed by atoms with E-state index in [-0.39, 0.29) is 5.91 Å². The van der Waals surface area contributed by atoms with Crippen molar-refractivity contribution in [2.45, 2.75) is 20.4 Å². The number of carbonyl (C=O) groups is 1. The molecule has 0 aliphatic carbocycles. The minimum Gasteiger partial charge on any atom is -0.319 e. The van der Waals surface area contributed by atoms with Gasteiger partial charge >= 0.3 is 0 Å². The number of aromatic nitrogens is 2. The van der Waals surface area contributed by atoms with Crippen molar-refractivity contribution < 1.29 is 4.79 Å². The van der Waals surface area contributed by atoms with Gasteiger partial charge in [-0.1, -0.05) is 35.3 Å². The summed E-state index contributed by atoms with van der Waals surface area (Å²) in [5.41, 5.74) is 3.99. The standard InChI is InChI=1S/C20H16Cl2N4O/c1-12-19(24-20(27)16-5-3-4-14(8-16)10-23)13(2)26(25-12)11-15-6-7-17(21)18(22)9-15/h3-9H,11H2,1-2H3,(H,24,27). The summed E-state index contributed by atoms with van der Waals surface area (Å²) in [6.07, 6.45) is 0. The second kappa shape index (κ2) is 7.83. The molecule has 27 heavy (non-hydrogen) atoms. The van der Waals surface area contributed by atoms with Gasteiger partial charge in [-0.25, -0.2) is 0 Å². The third-order valence-corrected chi connectivity index (χ3v) is 4.93. The summed E-state index contributed by atoms with van der Waals surface area (Å²) in [4.78, 5) is 12.5. The molecule has 0 aliphatic heterocycles. The number of halogens is 2. The predicted molar refractivity (Wildman–Crippen MR) is 106 cm³/mol. The van der Waals surface area contributed by atoms with Crippen LogP contribution in [-0.2, 0) is 6.54 Å². The molecule has 1 heterocycles. The molecule has 0 unspecified atom stereocenters. The van der Waals surface area contributed by atoms with E-state index in [9.17, 15) is 4.79 Å². The molecule has 0 bridgehead atoms. The second-order valence-electron chi connectivity index (χ2n) is 6.10. The van der Waals surface area contributed by atoms with Gasteiger partial charge in [-0.3, -0.25) is 9.48 Å². The molecule has 0 saturated heterocycles. The zero-order valence-electron chi connectivity index (χ0n) is 14.8. The third-order valence-electron chi connectivity index (χ3n) is 4.19. The van der Waals surface area contributed by atoms with Gasteiger partial charge in [0.25, 0.3) is 5.91 Å². The van der Waals surface area contributed by atoms with Gasteiger partial charge in [0.1, 0.15) is 0 Å². The minimum atomic E-state index is -0.285. The van der Waals surface area contributed by atoms with E-state index >= 15 is 0 Å². The maximum absolute atomic E-state index is 12.5. The Balaban J connectivity index is 1.84. The number of aryl methyl sites for hydroxylation is 1. The highest BCUT2D eigenvalue weighted by molar-refractivity contribution is 6.42. The zero-order valence-corrected chi connectivity index (χ0v) is 16.3. The average molecular weight is 399 g/mol. The molecule has 2 aromatic carbocycles. The van der Waals surface area contributed by atoms with Crippen LogP contribution in [0.1, 0.15) is 32.9 Å². The van der Waals surface area contributed by atoms with Crippen molar-refractivity contribution in [2.75, 3.05) is 5.32 Å². The zero-order chi connectivity index (χ0) is 19.6. The second-order valence-corrected chi connectivity index (χ2v) is 6.91. The number of amides is 1. The molecule has 1 aromatic heterocycles. The first-order chi connectivity index (χ1) is 12.9. The van der Waals surface area contributed by atoms with Gasteiger partial charge in [-0.05, 0) is 49.7 Å². The van der Waals surface area contributed by atoms with Crippen LogP contribution in [0.4, 0.5) is 5.69 Å². The Morgan fingerprint density at radius 3 is 2.67 bits per heavy atom. The first-order valence-corrected chi connectivity index (χ1v) is 8.94. The molecule has 7 heteroatoms. The van der Waals surface area contributed by atoms with Gasteiger partial charge in [0.05, 0.1) is 45.3 Å². The molecular formula is C20H16Cl2N4O. The van der Waals surface area contributed by atoms with E-state index in [2.05, 4.69) is 10.4 Å². The number of rotatable bonds is 4. The normalized spacial score (nSPS) is 10.5. The lowest BCUT2D eigenvalue weighted by atomic mass is 10.1. The molecular weight excluding hydrogens is 383 g/mol. The monoisotopic (exact) mass is 398 g/mol.